The molecule has 47 valence electrons. The molecule has 4 heteroatoms. The van der Waals surface area contributed by atoms with E-state index >= 15 is 0 Å². The number of amides is 1. The van der Waals surface area contributed by atoms with Gasteiger partial charge in [0.1, 0.15) is 0 Å². The topological polar surface area (TPSA) is 57.8 Å². The Kier molecular flexibility index (Phi) is 1.48. The predicted octanol–water partition coefficient (Wildman–Crippen LogP) is -0.0689. The quantitative estimate of drug-likeness (QED) is 0.550. The summed E-state index contributed by atoms with van der Waals surface area (Å²) in [4.78, 5) is 16.9. The molecule has 1 heterocycles. The van der Waals surface area contributed by atoms with Crippen LogP contribution in [0.4, 0.5) is 0 Å². The van der Waals surface area contributed by atoms with Crippen LogP contribution in [0.3, 0.4) is 0 Å². The summed E-state index contributed by atoms with van der Waals surface area (Å²) in [5, 5.41) is 2.18. The van der Waals surface area contributed by atoms with Crippen LogP contribution < -0.4 is 5.32 Å². The maximum absolute atomic E-state index is 10.6. The van der Waals surface area contributed by atoms with Crippen LogP contribution >= 0.6 is 0 Å². The number of carbonyl (C=O) groups excluding carboxylic acids is 1. The monoisotopic (exact) mass is 124 g/mol. The van der Waals surface area contributed by atoms with E-state index in [1.807, 2.05) is 0 Å². The van der Waals surface area contributed by atoms with Crippen LogP contribution in [-0.2, 0) is 0 Å². The van der Waals surface area contributed by atoms with Gasteiger partial charge in [-0.25, -0.2) is 4.98 Å². The van der Waals surface area contributed by atoms with Crippen molar-refractivity contribution in [1.29, 1.82) is 0 Å². The first-order valence-electron chi connectivity index (χ1n) is 2.41. The lowest BCUT2D eigenvalue weighted by Crippen LogP contribution is -2.16. The highest BCUT2D eigenvalue weighted by Gasteiger charge is 2.01. The molecule has 0 aliphatic rings. The summed E-state index contributed by atoms with van der Waals surface area (Å²) in [5.41, 5.74) is 0. The molecule has 1 aromatic heterocycles. The number of aromatic amines is 1. The van der Waals surface area contributed by atoms with Crippen LogP contribution in [0.25, 0.3) is 0 Å². The van der Waals surface area contributed by atoms with E-state index in [0.717, 1.165) is 0 Å². The van der Waals surface area contributed by atoms with Gasteiger partial charge in [0.05, 0.1) is 0 Å². The van der Waals surface area contributed by atoms with Gasteiger partial charge in [0.2, 0.25) is 0 Å². The second-order valence-electron chi connectivity index (χ2n) is 1.44. The van der Waals surface area contributed by atoms with Crippen molar-refractivity contribution < 1.29 is 4.79 Å². The van der Waals surface area contributed by atoms with Gasteiger partial charge in [-0.3, -0.25) is 4.79 Å². The molecule has 1 radical (unpaired) electrons. The summed E-state index contributed by atoms with van der Waals surface area (Å²) in [6.07, 6.45) is 3.08. The van der Waals surface area contributed by atoms with Gasteiger partial charge >= 0.3 is 0 Å². The number of nitrogens with one attached hydrogen (secondary N) is 2. The van der Waals surface area contributed by atoms with Crippen molar-refractivity contribution in [2.45, 2.75) is 0 Å². The molecule has 4 nitrogen and oxygen atoms in total. The van der Waals surface area contributed by atoms with E-state index in [-0.39, 0.29) is 11.7 Å². The first-order chi connectivity index (χ1) is 4.34. The lowest BCUT2D eigenvalue weighted by atomic mass is 10.6. The Morgan fingerprint density at radius 2 is 2.67 bits per heavy atom. The minimum absolute atomic E-state index is 0.282. The predicted molar refractivity (Wildman–Crippen MR) is 31.4 cm³/mol. The van der Waals surface area contributed by atoms with Crippen molar-refractivity contribution >= 4 is 5.91 Å². The third-order valence-corrected chi connectivity index (χ3v) is 0.874. The van der Waals surface area contributed by atoms with E-state index < -0.39 is 0 Å². The Bertz CT molecular complexity index is 192. The van der Waals surface area contributed by atoms with Crippen LogP contribution in [0.15, 0.2) is 12.4 Å². The van der Waals surface area contributed by atoms with Gasteiger partial charge in [0, 0.05) is 19.4 Å². The zero-order valence-electron chi connectivity index (χ0n) is 4.72. The summed E-state index contributed by atoms with van der Waals surface area (Å²) >= 11 is 0. The Hall–Kier alpha value is -1.32. The second-order valence-corrected chi connectivity index (χ2v) is 1.44. The number of H-pyrrole nitrogens is 1. The van der Waals surface area contributed by atoms with E-state index in [1.54, 1.807) is 6.20 Å². The van der Waals surface area contributed by atoms with Crippen LogP contribution in [0, 0.1) is 7.05 Å². The summed E-state index contributed by atoms with van der Waals surface area (Å²) in [6.45, 7) is 0. The average Bonchev–Trinajstić information content (AvgIpc) is 2.37. The molecule has 1 rings (SSSR count). The van der Waals surface area contributed by atoms with Crippen molar-refractivity contribution in [2.24, 2.45) is 0 Å². The van der Waals surface area contributed by atoms with E-state index in [4.69, 9.17) is 0 Å². The van der Waals surface area contributed by atoms with Gasteiger partial charge in [-0.2, -0.15) is 0 Å². The third kappa shape index (κ3) is 1.07. The van der Waals surface area contributed by atoms with Gasteiger partial charge in [-0.1, -0.05) is 0 Å². The fourth-order valence-corrected chi connectivity index (χ4v) is 0.473. The lowest BCUT2D eigenvalue weighted by Gasteiger charge is -1.89. The molecule has 1 amide bonds. The zero-order valence-corrected chi connectivity index (χ0v) is 4.72. The van der Waals surface area contributed by atoms with Crippen LogP contribution in [-0.4, -0.2) is 15.9 Å². The van der Waals surface area contributed by atoms with Gasteiger partial charge in [0.15, 0.2) is 5.82 Å². The molecular formula is C5H6N3O. The molecule has 0 saturated carbocycles. The standard InChI is InChI=1S/C5H6N3O/c1-6-5(9)4-7-2-3-8-4/h2-3H,1H2,(H,6,9)(H,7,8). The minimum Gasteiger partial charge on any atom is -0.348 e. The lowest BCUT2D eigenvalue weighted by molar-refractivity contribution is 0.0960. The van der Waals surface area contributed by atoms with Crippen LogP contribution in [0.5, 0.6) is 0 Å². The third-order valence-electron chi connectivity index (χ3n) is 0.874. The summed E-state index contributed by atoms with van der Waals surface area (Å²) < 4.78 is 0. The van der Waals surface area contributed by atoms with Crippen molar-refractivity contribution in [1.82, 2.24) is 15.3 Å². The van der Waals surface area contributed by atoms with Crippen LogP contribution in [0.2, 0.25) is 0 Å². The molecule has 0 saturated heterocycles. The summed E-state index contributed by atoms with van der Waals surface area (Å²) in [5.74, 6) is -0.0231. The van der Waals surface area contributed by atoms with Crippen molar-refractivity contribution in [2.75, 3.05) is 0 Å². The molecule has 0 aromatic carbocycles. The van der Waals surface area contributed by atoms with Crippen LogP contribution in [0.1, 0.15) is 10.6 Å². The molecule has 0 bridgehead atoms. The Labute approximate surface area is 52.3 Å². The highest BCUT2D eigenvalue weighted by atomic mass is 16.2. The minimum atomic E-state index is -0.306. The zero-order chi connectivity index (χ0) is 6.69. The van der Waals surface area contributed by atoms with Crippen molar-refractivity contribution in [3.8, 4) is 0 Å². The first-order valence-corrected chi connectivity index (χ1v) is 2.41. The van der Waals surface area contributed by atoms with Crippen molar-refractivity contribution in [3.63, 3.8) is 0 Å². The largest absolute Gasteiger partial charge is 0.348 e. The number of carbonyl (C=O) groups is 1. The highest BCUT2D eigenvalue weighted by molar-refractivity contribution is 5.90. The number of rotatable bonds is 1. The number of nitrogens with zero attached hydrogens (tertiary/aromatic N) is 1. The Morgan fingerprint density at radius 3 is 3.11 bits per heavy atom. The summed E-state index contributed by atoms with van der Waals surface area (Å²) in [6, 6.07) is 0. The summed E-state index contributed by atoms with van der Waals surface area (Å²) in [7, 11) is 3.18. The molecule has 0 aliphatic heterocycles. The molecule has 2 N–H and O–H groups in total. The number of hydrogen-bond donors (Lipinski definition) is 2. The first kappa shape index (κ1) is 5.81. The van der Waals surface area contributed by atoms with Gasteiger partial charge < -0.3 is 10.3 Å². The SMILES string of the molecule is [CH2]NC(=O)c1ncc[nH]1. The number of hydrogen-bond acceptors (Lipinski definition) is 2. The highest BCUT2D eigenvalue weighted by Crippen LogP contribution is 1.85. The maximum Gasteiger partial charge on any atom is 0.287 e. The molecule has 0 spiro atoms. The van der Waals surface area contributed by atoms with Gasteiger partial charge in [-0.05, 0) is 0 Å². The van der Waals surface area contributed by atoms with Gasteiger partial charge in [0.25, 0.3) is 5.91 Å². The van der Waals surface area contributed by atoms with E-state index in [1.165, 1.54) is 6.20 Å². The molecule has 0 unspecified atom stereocenters. The van der Waals surface area contributed by atoms with Crippen molar-refractivity contribution in [3.05, 3.63) is 25.3 Å². The fraction of sp³-hybridized carbons (Fsp3) is 0. The van der Waals surface area contributed by atoms with E-state index in [9.17, 15) is 4.79 Å². The fourth-order valence-electron chi connectivity index (χ4n) is 0.473. The normalized spacial score (nSPS) is 9.00. The molecule has 0 atom stereocenters. The Balaban J connectivity index is 2.77. The smallest absolute Gasteiger partial charge is 0.287 e. The molecule has 0 fully saturated rings. The molecule has 1 aromatic rings. The average molecular weight is 124 g/mol. The number of imidazole rings is 1. The maximum atomic E-state index is 10.6. The number of aromatic nitrogens is 2. The van der Waals surface area contributed by atoms with E-state index in [2.05, 4.69) is 22.3 Å². The molecule has 0 aliphatic carbocycles. The second kappa shape index (κ2) is 2.30. The molecular weight excluding hydrogens is 118 g/mol. The van der Waals surface area contributed by atoms with E-state index in [0.29, 0.717) is 0 Å². The molecule has 9 heavy (non-hydrogen) atoms. The van der Waals surface area contributed by atoms with Gasteiger partial charge in [-0.15, -0.1) is 0 Å². The Morgan fingerprint density at radius 1 is 1.89 bits per heavy atom.